The molecule has 4 rings (SSSR count). The number of para-hydroxylation sites is 1. The van der Waals surface area contributed by atoms with Gasteiger partial charge in [-0.3, -0.25) is 9.69 Å². The Bertz CT molecular complexity index is 945. The van der Waals surface area contributed by atoms with Crippen LogP contribution < -0.4 is 16.0 Å². The lowest BCUT2D eigenvalue weighted by Crippen LogP contribution is -2.50. The molecule has 0 saturated carbocycles. The van der Waals surface area contributed by atoms with Crippen LogP contribution in [0.3, 0.4) is 0 Å². The number of nitrogens with zero attached hydrogens (tertiary/aromatic N) is 1. The zero-order valence-electron chi connectivity index (χ0n) is 19.2. The number of anilines is 1. The Morgan fingerprint density at radius 1 is 1.12 bits per heavy atom. The van der Waals surface area contributed by atoms with Crippen LogP contribution in [0, 0.1) is 12.3 Å². The van der Waals surface area contributed by atoms with Crippen LogP contribution in [0.4, 0.5) is 10.5 Å². The molecule has 1 atom stereocenters. The normalized spacial score (nSPS) is 20.9. The van der Waals surface area contributed by atoms with Crippen molar-refractivity contribution in [2.75, 3.05) is 25.0 Å². The second-order valence-electron chi connectivity index (χ2n) is 9.92. The van der Waals surface area contributed by atoms with Crippen molar-refractivity contribution in [3.05, 3.63) is 53.5 Å². The number of carbonyl (C=O) groups is 2. The van der Waals surface area contributed by atoms with Crippen molar-refractivity contribution < 1.29 is 14.0 Å². The van der Waals surface area contributed by atoms with Crippen LogP contribution in [-0.4, -0.2) is 42.5 Å². The average molecular weight is 439 g/mol. The minimum atomic E-state index is -0.127. The first-order valence-electron chi connectivity index (χ1n) is 11.5. The number of nitrogens with one attached hydrogen (secondary N) is 3. The van der Waals surface area contributed by atoms with Crippen LogP contribution in [0.5, 0.6) is 0 Å². The first kappa shape index (κ1) is 22.4. The Hall–Kier alpha value is -2.80. The number of urea groups is 1. The molecular weight excluding hydrogens is 404 g/mol. The van der Waals surface area contributed by atoms with Gasteiger partial charge in [0, 0.05) is 36.8 Å². The van der Waals surface area contributed by atoms with Gasteiger partial charge in [0.2, 0.25) is 5.91 Å². The van der Waals surface area contributed by atoms with E-state index in [1.165, 1.54) is 0 Å². The summed E-state index contributed by atoms with van der Waals surface area (Å²) in [6.07, 6.45) is 3.45. The average Bonchev–Trinajstić information content (AvgIpc) is 3.09. The topological polar surface area (TPSA) is 86.6 Å². The van der Waals surface area contributed by atoms with E-state index >= 15 is 0 Å². The summed E-state index contributed by atoms with van der Waals surface area (Å²) < 4.78 is 5.87. The molecule has 3 N–H and O–H groups in total. The first-order chi connectivity index (χ1) is 15.3. The minimum absolute atomic E-state index is 0.00789. The van der Waals surface area contributed by atoms with Crippen molar-refractivity contribution in [3.8, 4) is 0 Å². The molecule has 1 saturated heterocycles. The van der Waals surface area contributed by atoms with E-state index in [2.05, 4.69) is 40.8 Å². The number of amides is 3. The molecule has 2 aliphatic rings. The third-order valence-electron chi connectivity index (χ3n) is 6.39. The van der Waals surface area contributed by atoms with E-state index in [0.29, 0.717) is 6.54 Å². The number of piperidine rings is 1. The zero-order valence-corrected chi connectivity index (χ0v) is 19.2. The van der Waals surface area contributed by atoms with Gasteiger partial charge in [0.1, 0.15) is 11.5 Å². The van der Waals surface area contributed by atoms with Crippen molar-refractivity contribution in [1.29, 1.82) is 0 Å². The molecule has 1 aliphatic heterocycles. The van der Waals surface area contributed by atoms with Crippen molar-refractivity contribution in [2.24, 2.45) is 5.41 Å². The third kappa shape index (κ3) is 5.71. The van der Waals surface area contributed by atoms with E-state index in [1.54, 1.807) is 0 Å². The molecule has 0 radical (unpaired) electrons. The molecule has 0 bridgehead atoms. The summed E-state index contributed by atoms with van der Waals surface area (Å²) in [7, 11) is 0. The van der Waals surface area contributed by atoms with Crippen molar-refractivity contribution >= 4 is 17.6 Å². The van der Waals surface area contributed by atoms with Gasteiger partial charge in [-0.25, -0.2) is 4.79 Å². The van der Waals surface area contributed by atoms with Crippen molar-refractivity contribution in [3.63, 3.8) is 0 Å². The maximum Gasteiger partial charge on any atom is 0.315 e. The lowest BCUT2D eigenvalue weighted by molar-refractivity contribution is -0.117. The summed E-state index contributed by atoms with van der Waals surface area (Å²) in [5.41, 5.74) is 2.00. The van der Waals surface area contributed by atoms with Gasteiger partial charge in [0.05, 0.1) is 12.6 Å². The van der Waals surface area contributed by atoms with Gasteiger partial charge < -0.3 is 20.4 Å². The van der Waals surface area contributed by atoms with Crippen molar-refractivity contribution in [1.82, 2.24) is 15.5 Å². The Labute approximate surface area is 189 Å². The molecule has 2 heterocycles. The molecule has 1 aliphatic carbocycles. The third-order valence-corrected chi connectivity index (χ3v) is 6.39. The van der Waals surface area contributed by atoms with E-state index < -0.39 is 0 Å². The number of hydrogen-bond donors (Lipinski definition) is 3. The van der Waals surface area contributed by atoms with Crippen LogP contribution in [0.1, 0.15) is 56.2 Å². The van der Waals surface area contributed by atoms with Gasteiger partial charge in [-0.2, -0.15) is 0 Å². The van der Waals surface area contributed by atoms with Crippen molar-refractivity contribution in [2.45, 2.75) is 58.5 Å². The number of fused-ring (bicyclic) bond motifs is 1. The lowest BCUT2D eigenvalue weighted by Gasteiger charge is -2.35. The molecule has 3 amide bonds. The molecule has 1 fully saturated rings. The number of benzene rings is 1. The summed E-state index contributed by atoms with van der Waals surface area (Å²) in [5, 5.41) is 9.24. The predicted octanol–water partition coefficient (Wildman–Crippen LogP) is 4.00. The largest absolute Gasteiger partial charge is 0.466 e. The summed E-state index contributed by atoms with van der Waals surface area (Å²) in [5.74, 6) is 1.88. The summed E-state index contributed by atoms with van der Waals surface area (Å²) >= 11 is 0. The predicted molar refractivity (Wildman–Crippen MR) is 124 cm³/mol. The molecule has 1 aromatic heterocycles. The van der Waals surface area contributed by atoms with E-state index in [1.807, 2.05) is 37.3 Å². The van der Waals surface area contributed by atoms with Crippen LogP contribution in [0.15, 0.2) is 40.8 Å². The van der Waals surface area contributed by atoms with E-state index in [-0.39, 0.29) is 29.4 Å². The van der Waals surface area contributed by atoms with Gasteiger partial charge in [0.25, 0.3) is 0 Å². The Balaban J connectivity index is 1.23. The highest BCUT2D eigenvalue weighted by Gasteiger charge is 2.36. The Kier molecular flexibility index (Phi) is 6.55. The number of aryl methyl sites for hydroxylation is 1. The van der Waals surface area contributed by atoms with Gasteiger partial charge in [-0.15, -0.1) is 0 Å². The van der Waals surface area contributed by atoms with Gasteiger partial charge in [0.15, 0.2) is 0 Å². The molecule has 0 spiro atoms. The molecule has 1 unspecified atom stereocenters. The quantitative estimate of drug-likeness (QED) is 0.658. The fourth-order valence-electron chi connectivity index (χ4n) is 4.86. The van der Waals surface area contributed by atoms with E-state index in [0.717, 1.165) is 61.5 Å². The zero-order chi connectivity index (χ0) is 22.7. The van der Waals surface area contributed by atoms with Gasteiger partial charge in [-0.1, -0.05) is 32.0 Å². The molecule has 1 aromatic carbocycles. The lowest BCUT2D eigenvalue weighted by atomic mass is 9.75. The fraction of sp³-hybridized carbons (Fsp3) is 0.520. The fourth-order valence-corrected chi connectivity index (χ4v) is 4.86. The molecule has 7 heteroatoms. The minimum Gasteiger partial charge on any atom is -0.466 e. The second kappa shape index (κ2) is 9.36. The maximum atomic E-state index is 12.7. The van der Waals surface area contributed by atoms with Gasteiger partial charge in [-0.05, 0) is 49.8 Å². The Morgan fingerprint density at radius 3 is 2.56 bits per heavy atom. The van der Waals surface area contributed by atoms with Gasteiger partial charge >= 0.3 is 6.03 Å². The maximum absolute atomic E-state index is 12.7. The van der Waals surface area contributed by atoms with E-state index in [4.69, 9.17) is 4.42 Å². The molecule has 2 aromatic rings. The standard InChI is InChI=1S/C25H34N4O3/c1-17-13-20-21(14-25(2,3)15-22(20)32-17)28-24(31)27-19-9-11-29(12-10-19)16-23(30)26-18-7-5-4-6-8-18/h4-8,13,19,21H,9-12,14-16H2,1-3H3,(H,26,30)(H2,27,28,31). The monoisotopic (exact) mass is 438 g/mol. The SMILES string of the molecule is Cc1cc2c(o1)CC(C)(C)CC2NC(=O)NC1CCN(CC(=O)Nc2ccccc2)CC1. The highest BCUT2D eigenvalue weighted by Crippen LogP contribution is 2.41. The summed E-state index contributed by atoms with van der Waals surface area (Å²) in [4.78, 5) is 27.2. The summed E-state index contributed by atoms with van der Waals surface area (Å²) in [6, 6.07) is 11.5. The molecule has 7 nitrogen and oxygen atoms in total. The number of rotatable bonds is 5. The first-order valence-corrected chi connectivity index (χ1v) is 11.5. The highest BCUT2D eigenvalue weighted by molar-refractivity contribution is 5.92. The van der Waals surface area contributed by atoms with Crippen LogP contribution in [0.2, 0.25) is 0 Å². The number of furan rings is 1. The molecule has 32 heavy (non-hydrogen) atoms. The summed E-state index contributed by atoms with van der Waals surface area (Å²) in [6.45, 7) is 8.32. The van der Waals surface area contributed by atoms with Crippen LogP contribution in [-0.2, 0) is 11.2 Å². The molecule has 172 valence electrons. The smallest absolute Gasteiger partial charge is 0.315 e. The highest BCUT2D eigenvalue weighted by atomic mass is 16.3. The van der Waals surface area contributed by atoms with E-state index in [9.17, 15) is 9.59 Å². The molecular formula is C25H34N4O3. The second-order valence-corrected chi connectivity index (χ2v) is 9.92. The van der Waals surface area contributed by atoms with Crippen LogP contribution >= 0.6 is 0 Å². The number of carbonyl (C=O) groups excluding carboxylic acids is 2. The Morgan fingerprint density at radius 2 is 1.84 bits per heavy atom. The number of hydrogen-bond acceptors (Lipinski definition) is 4. The van der Waals surface area contributed by atoms with Crippen LogP contribution in [0.25, 0.3) is 0 Å². The number of likely N-dealkylation sites (tertiary alicyclic amines) is 1.